The molecule has 0 amide bonds. The van der Waals surface area contributed by atoms with Gasteiger partial charge in [-0.3, -0.25) is 0 Å². The van der Waals surface area contributed by atoms with Gasteiger partial charge in [0.2, 0.25) is 0 Å². The van der Waals surface area contributed by atoms with Gasteiger partial charge in [-0.15, -0.1) is 10.1 Å². The van der Waals surface area contributed by atoms with Gasteiger partial charge in [-0.2, -0.15) is 0 Å². The third kappa shape index (κ3) is 5.68. The van der Waals surface area contributed by atoms with Crippen LogP contribution in [0.25, 0.3) is 0 Å². The Morgan fingerprint density at radius 3 is 2.70 bits per heavy atom. The highest BCUT2D eigenvalue weighted by Crippen LogP contribution is 1.91. The highest BCUT2D eigenvalue weighted by atomic mass is 31.0. The molecule has 0 heterocycles. The zero-order valence-corrected chi connectivity index (χ0v) is 6.25. The van der Waals surface area contributed by atoms with Gasteiger partial charge in [-0.25, -0.2) is 0 Å². The predicted molar refractivity (Wildman–Crippen MR) is 34.6 cm³/mol. The molecule has 0 aromatic heterocycles. The summed E-state index contributed by atoms with van der Waals surface area (Å²) in [6, 6.07) is 0. The van der Waals surface area contributed by atoms with Crippen molar-refractivity contribution in [1.82, 2.24) is 0 Å². The SMILES string of the molecule is O=[N+]([O-])OCC(O)COP. The van der Waals surface area contributed by atoms with Gasteiger partial charge in [0.05, 0.1) is 6.61 Å². The van der Waals surface area contributed by atoms with Crippen molar-refractivity contribution in [3.8, 4) is 0 Å². The zero-order valence-electron chi connectivity index (χ0n) is 5.10. The van der Waals surface area contributed by atoms with E-state index >= 15 is 0 Å². The van der Waals surface area contributed by atoms with E-state index < -0.39 is 11.2 Å². The average Bonchev–Trinajstić information content (AvgIpc) is 1.85. The molecule has 0 radical (unpaired) electrons. The first-order valence-electron chi connectivity index (χ1n) is 2.44. The zero-order chi connectivity index (χ0) is 7.98. The van der Waals surface area contributed by atoms with Crippen LogP contribution in [0.4, 0.5) is 0 Å². The molecule has 0 aliphatic rings. The molecule has 0 aliphatic heterocycles. The molecule has 2 atom stereocenters. The summed E-state index contributed by atoms with van der Waals surface area (Å²) in [7, 11) is 1.91. The largest absolute Gasteiger partial charge is 0.389 e. The quantitative estimate of drug-likeness (QED) is 0.336. The second kappa shape index (κ2) is 5.34. The number of hydrogen-bond acceptors (Lipinski definition) is 5. The Morgan fingerprint density at radius 1 is 1.70 bits per heavy atom. The Bertz CT molecular complexity index is 109. The maximum Gasteiger partial charge on any atom is 0.294 e. The number of aliphatic hydroxyl groups is 1. The van der Waals surface area contributed by atoms with E-state index in [9.17, 15) is 10.1 Å². The molecule has 1 N–H and O–H groups in total. The Morgan fingerprint density at radius 2 is 2.30 bits per heavy atom. The van der Waals surface area contributed by atoms with Gasteiger partial charge in [-0.1, -0.05) is 0 Å². The van der Waals surface area contributed by atoms with E-state index in [0.717, 1.165) is 0 Å². The third-order valence-corrected chi connectivity index (χ3v) is 0.853. The van der Waals surface area contributed by atoms with Crippen LogP contribution >= 0.6 is 9.47 Å². The summed E-state index contributed by atoms with van der Waals surface area (Å²) in [5.74, 6) is 0. The van der Waals surface area contributed by atoms with Crippen LogP contribution in [-0.2, 0) is 9.36 Å². The molecular formula is C3H8NO5P. The fourth-order valence-corrected chi connectivity index (χ4v) is 0.528. The maximum absolute atomic E-state index is 9.53. The van der Waals surface area contributed by atoms with Gasteiger partial charge < -0.3 is 14.5 Å². The molecule has 60 valence electrons. The Balaban J connectivity index is 3.21. The molecule has 0 saturated carbocycles. The van der Waals surface area contributed by atoms with Crippen LogP contribution in [0.2, 0.25) is 0 Å². The highest BCUT2D eigenvalue weighted by Gasteiger charge is 2.05. The molecule has 2 unspecified atom stereocenters. The topological polar surface area (TPSA) is 81.8 Å². The lowest BCUT2D eigenvalue weighted by molar-refractivity contribution is -0.759. The van der Waals surface area contributed by atoms with Gasteiger partial charge in [0.25, 0.3) is 5.09 Å². The monoisotopic (exact) mass is 169 g/mol. The molecule has 0 spiro atoms. The van der Waals surface area contributed by atoms with Crippen molar-refractivity contribution in [1.29, 1.82) is 0 Å². The summed E-state index contributed by atoms with van der Waals surface area (Å²) in [5, 5.41) is 17.3. The van der Waals surface area contributed by atoms with Crippen molar-refractivity contribution in [2.24, 2.45) is 0 Å². The number of hydrogen-bond donors (Lipinski definition) is 1. The van der Waals surface area contributed by atoms with Gasteiger partial charge in [0, 0.05) is 9.47 Å². The van der Waals surface area contributed by atoms with E-state index in [-0.39, 0.29) is 13.2 Å². The van der Waals surface area contributed by atoms with Crippen LogP contribution in [0, 0.1) is 10.1 Å². The van der Waals surface area contributed by atoms with Gasteiger partial charge in [-0.05, 0) is 0 Å². The van der Waals surface area contributed by atoms with Gasteiger partial charge in [0.1, 0.15) is 12.7 Å². The van der Waals surface area contributed by atoms with Crippen LogP contribution in [0.1, 0.15) is 0 Å². The Labute approximate surface area is 59.5 Å². The lowest BCUT2D eigenvalue weighted by Gasteiger charge is -2.05. The molecular weight excluding hydrogens is 161 g/mol. The molecule has 0 fully saturated rings. The first-order valence-corrected chi connectivity index (χ1v) is 2.91. The molecule has 0 aromatic carbocycles. The standard InChI is InChI=1S/C3H8NO5P/c5-3(2-9-10)1-8-4(6)7/h3,5H,1-2,10H2. The minimum Gasteiger partial charge on any atom is -0.389 e. The van der Waals surface area contributed by atoms with Gasteiger partial charge >= 0.3 is 0 Å². The van der Waals surface area contributed by atoms with Crippen molar-refractivity contribution in [2.45, 2.75) is 6.10 Å². The average molecular weight is 169 g/mol. The van der Waals surface area contributed by atoms with Crippen molar-refractivity contribution >= 4 is 9.47 Å². The van der Waals surface area contributed by atoms with Crippen molar-refractivity contribution in [2.75, 3.05) is 13.2 Å². The number of nitrogens with zero attached hydrogens (tertiary/aromatic N) is 1. The van der Waals surface area contributed by atoms with E-state index in [1.165, 1.54) is 0 Å². The summed E-state index contributed by atoms with van der Waals surface area (Å²) in [6.07, 6.45) is -0.956. The molecule has 0 aliphatic carbocycles. The van der Waals surface area contributed by atoms with E-state index in [1.54, 1.807) is 0 Å². The first kappa shape index (κ1) is 9.55. The highest BCUT2D eigenvalue weighted by molar-refractivity contribution is 7.09. The van der Waals surface area contributed by atoms with Gasteiger partial charge in [0.15, 0.2) is 0 Å². The van der Waals surface area contributed by atoms with Crippen LogP contribution in [0.3, 0.4) is 0 Å². The second-order valence-corrected chi connectivity index (χ2v) is 1.84. The number of rotatable bonds is 5. The molecule has 0 rings (SSSR count). The van der Waals surface area contributed by atoms with Crippen molar-refractivity contribution in [3.05, 3.63) is 10.1 Å². The maximum atomic E-state index is 9.53. The smallest absolute Gasteiger partial charge is 0.294 e. The van der Waals surface area contributed by atoms with Crippen molar-refractivity contribution < 1.29 is 19.6 Å². The molecule has 6 nitrogen and oxygen atoms in total. The van der Waals surface area contributed by atoms with Crippen molar-refractivity contribution in [3.63, 3.8) is 0 Å². The molecule has 7 heteroatoms. The van der Waals surface area contributed by atoms with Crippen LogP contribution in [0.15, 0.2) is 0 Å². The van der Waals surface area contributed by atoms with Crippen LogP contribution in [-0.4, -0.2) is 29.5 Å². The fourth-order valence-electron chi connectivity index (χ4n) is 0.306. The summed E-state index contributed by atoms with van der Waals surface area (Å²) in [5.41, 5.74) is 0. The first-order chi connectivity index (χ1) is 4.66. The van der Waals surface area contributed by atoms with E-state index in [1.807, 2.05) is 9.47 Å². The molecule has 10 heavy (non-hydrogen) atoms. The predicted octanol–water partition coefficient (Wildman–Crippen LogP) is -0.638. The summed E-state index contributed by atoms with van der Waals surface area (Å²) in [6.45, 7) is -0.361. The molecule has 0 saturated heterocycles. The van der Waals surface area contributed by atoms with E-state index in [2.05, 4.69) is 9.36 Å². The Hall–Kier alpha value is -0.450. The lowest BCUT2D eigenvalue weighted by atomic mass is 10.4. The second-order valence-electron chi connectivity index (χ2n) is 1.51. The van der Waals surface area contributed by atoms with E-state index in [4.69, 9.17) is 5.11 Å². The molecule has 0 aromatic rings. The number of aliphatic hydroxyl groups excluding tert-OH is 1. The van der Waals surface area contributed by atoms with Crippen LogP contribution < -0.4 is 0 Å². The Kier molecular flexibility index (Phi) is 5.10. The van der Waals surface area contributed by atoms with Crippen LogP contribution in [0.5, 0.6) is 0 Å². The normalized spacial score (nSPS) is 12.6. The van der Waals surface area contributed by atoms with E-state index in [0.29, 0.717) is 0 Å². The summed E-state index contributed by atoms with van der Waals surface area (Å²) < 4.78 is 4.40. The minimum atomic E-state index is -0.966. The third-order valence-electron chi connectivity index (χ3n) is 0.661. The molecule has 0 bridgehead atoms. The summed E-state index contributed by atoms with van der Waals surface area (Å²) >= 11 is 0. The minimum absolute atomic E-state index is 0.00148. The lowest BCUT2D eigenvalue weighted by Crippen LogP contribution is -2.21. The fraction of sp³-hybridized carbons (Fsp3) is 1.00. The summed E-state index contributed by atoms with van der Waals surface area (Å²) in [4.78, 5) is 13.4.